The molecular weight excluding hydrogens is 482 g/mol. The molecule has 1 unspecified atom stereocenters. The fourth-order valence-corrected chi connectivity index (χ4v) is 3.74. The van der Waals surface area contributed by atoms with Gasteiger partial charge in [0, 0.05) is 17.3 Å². The molecule has 0 aromatic heterocycles. The van der Waals surface area contributed by atoms with E-state index in [9.17, 15) is 24.5 Å². The zero-order chi connectivity index (χ0) is 27.1. The smallest absolute Gasteiger partial charge is 0.323 e. The number of methoxy groups -OCH3 is 2. The lowest BCUT2D eigenvalue weighted by Gasteiger charge is -2.19. The first-order valence-electron chi connectivity index (χ1n) is 10.9. The average molecular weight is 508 g/mol. The summed E-state index contributed by atoms with van der Waals surface area (Å²) in [5, 5.41) is 16.2. The number of carbonyl (C=O) groups excluding carboxylic acids is 3. The van der Waals surface area contributed by atoms with Gasteiger partial charge in [-0.3, -0.25) is 19.7 Å². The van der Waals surface area contributed by atoms with Crippen LogP contribution in [0.4, 0.5) is 21.9 Å². The number of nitrogens with two attached hydrogens (primary N) is 2. The van der Waals surface area contributed by atoms with E-state index in [1.165, 1.54) is 44.6 Å². The number of carbonyl (C=O) groups is 3. The van der Waals surface area contributed by atoms with Crippen molar-refractivity contribution in [2.24, 2.45) is 11.5 Å². The third-order valence-electron chi connectivity index (χ3n) is 5.54. The van der Waals surface area contributed by atoms with E-state index >= 15 is 0 Å². The Labute approximate surface area is 211 Å². The van der Waals surface area contributed by atoms with E-state index in [2.05, 4.69) is 10.6 Å². The summed E-state index contributed by atoms with van der Waals surface area (Å²) in [5.74, 6) is -1.77. The summed E-state index contributed by atoms with van der Waals surface area (Å²) in [5.41, 5.74) is 12.5. The number of anilines is 2. The van der Waals surface area contributed by atoms with Gasteiger partial charge in [-0.15, -0.1) is 0 Å². The summed E-state index contributed by atoms with van der Waals surface area (Å²) < 4.78 is 10.5. The van der Waals surface area contributed by atoms with Gasteiger partial charge < -0.3 is 31.6 Å². The van der Waals surface area contributed by atoms with Crippen molar-refractivity contribution in [3.63, 3.8) is 0 Å². The van der Waals surface area contributed by atoms with Gasteiger partial charge in [-0.05, 0) is 47.9 Å². The summed E-state index contributed by atoms with van der Waals surface area (Å²) >= 11 is 0. The molecule has 0 radical (unpaired) electrons. The number of nitro benzene ring substituents is 1. The number of nitrogens with one attached hydrogen (secondary N) is 2. The van der Waals surface area contributed by atoms with E-state index < -0.39 is 28.7 Å². The maximum atomic E-state index is 12.4. The molecule has 3 aromatic carbocycles. The van der Waals surface area contributed by atoms with Crippen molar-refractivity contribution >= 4 is 34.9 Å². The third-order valence-corrected chi connectivity index (χ3v) is 5.54. The molecule has 0 fully saturated rings. The lowest BCUT2D eigenvalue weighted by Crippen LogP contribution is -2.26. The lowest BCUT2D eigenvalue weighted by atomic mass is 9.87. The maximum absolute atomic E-state index is 12.4. The van der Waals surface area contributed by atoms with Gasteiger partial charge in [0.05, 0.1) is 25.1 Å². The number of benzene rings is 3. The molecule has 1 atom stereocenters. The van der Waals surface area contributed by atoms with Crippen LogP contribution in [0.25, 0.3) is 0 Å². The van der Waals surface area contributed by atoms with E-state index in [1.807, 2.05) is 0 Å². The molecule has 0 saturated carbocycles. The topological polar surface area (TPSA) is 189 Å². The predicted molar refractivity (Wildman–Crippen MR) is 136 cm³/mol. The van der Waals surface area contributed by atoms with Gasteiger partial charge in [0.2, 0.25) is 11.8 Å². The molecule has 12 nitrogen and oxygen atoms in total. The van der Waals surface area contributed by atoms with Crippen LogP contribution in [0.15, 0.2) is 60.7 Å². The lowest BCUT2D eigenvalue weighted by molar-refractivity contribution is -0.383. The summed E-state index contributed by atoms with van der Waals surface area (Å²) in [7, 11) is 2.83. The summed E-state index contributed by atoms with van der Waals surface area (Å²) in [6, 6.07) is 14.5. The Morgan fingerprint density at radius 3 is 2.14 bits per heavy atom. The molecule has 3 rings (SSSR count). The molecule has 3 aromatic rings. The molecule has 4 amide bonds. The van der Waals surface area contributed by atoms with E-state index in [1.54, 1.807) is 30.3 Å². The number of para-hydroxylation sites is 2. The summed E-state index contributed by atoms with van der Waals surface area (Å²) in [4.78, 5) is 47.3. The minimum Gasteiger partial charge on any atom is -0.493 e. The standard InChI is InChI=1S/C25H25N5O7/c1-36-21-12-16(18(24(27)32)13-22(21)37-2)17(23(26)31)11-14-7-9-15(10-8-14)28-25(33)29-19-5-3-4-6-20(19)30(34)35/h3-10,12-13,17H,11H2,1-2H3,(H2,26,31)(H2,27,32)(H2,28,29,33). The van der Waals surface area contributed by atoms with Gasteiger partial charge in [0.1, 0.15) is 5.69 Å². The van der Waals surface area contributed by atoms with Crippen molar-refractivity contribution in [3.05, 3.63) is 87.5 Å². The number of nitro groups is 1. The van der Waals surface area contributed by atoms with Gasteiger partial charge in [0.15, 0.2) is 11.5 Å². The maximum Gasteiger partial charge on any atom is 0.323 e. The van der Waals surface area contributed by atoms with Crippen LogP contribution < -0.4 is 31.6 Å². The van der Waals surface area contributed by atoms with Crippen molar-refractivity contribution in [2.75, 3.05) is 24.9 Å². The van der Waals surface area contributed by atoms with Crippen LogP contribution in [-0.2, 0) is 11.2 Å². The zero-order valence-corrected chi connectivity index (χ0v) is 20.0. The zero-order valence-electron chi connectivity index (χ0n) is 20.0. The number of ether oxygens (including phenoxy) is 2. The molecule has 0 spiro atoms. The normalized spacial score (nSPS) is 11.2. The Bertz CT molecular complexity index is 1340. The molecule has 6 N–H and O–H groups in total. The minimum atomic E-state index is -0.914. The molecule has 12 heteroatoms. The molecular formula is C25H25N5O7. The van der Waals surface area contributed by atoms with Gasteiger partial charge >= 0.3 is 6.03 Å². The highest BCUT2D eigenvalue weighted by atomic mass is 16.6. The van der Waals surface area contributed by atoms with Crippen LogP contribution >= 0.6 is 0 Å². The van der Waals surface area contributed by atoms with Crippen LogP contribution in [0.2, 0.25) is 0 Å². The monoisotopic (exact) mass is 507 g/mol. The highest BCUT2D eigenvalue weighted by Crippen LogP contribution is 2.35. The van der Waals surface area contributed by atoms with Gasteiger partial charge in [-0.1, -0.05) is 24.3 Å². The quantitative estimate of drug-likeness (QED) is 0.239. The largest absolute Gasteiger partial charge is 0.493 e. The highest BCUT2D eigenvalue weighted by molar-refractivity contribution is 6.01. The number of urea groups is 1. The molecule has 192 valence electrons. The Morgan fingerprint density at radius 1 is 0.946 bits per heavy atom. The van der Waals surface area contributed by atoms with Crippen LogP contribution in [0.1, 0.15) is 27.4 Å². The number of hydrogen-bond acceptors (Lipinski definition) is 7. The van der Waals surface area contributed by atoms with Crippen molar-refractivity contribution < 1.29 is 28.8 Å². The first-order chi connectivity index (χ1) is 17.6. The van der Waals surface area contributed by atoms with Gasteiger partial charge in [0.25, 0.3) is 5.69 Å². The second kappa shape index (κ2) is 11.5. The van der Waals surface area contributed by atoms with E-state index in [-0.39, 0.29) is 29.1 Å². The van der Waals surface area contributed by atoms with E-state index in [0.717, 1.165) is 0 Å². The number of primary amides is 2. The third kappa shape index (κ3) is 6.31. The second-order valence-corrected chi connectivity index (χ2v) is 7.87. The first kappa shape index (κ1) is 26.5. The minimum absolute atomic E-state index is 0.0473. The second-order valence-electron chi connectivity index (χ2n) is 7.87. The van der Waals surface area contributed by atoms with E-state index in [0.29, 0.717) is 22.6 Å². The number of hydrogen-bond donors (Lipinski definition) is 4. The van der Waals surface area contributed by atoms with Crippen LogP contribution in [0.3, 0.4) is 0 Å². The number of nitrogens with zero attached hydrogens (tertiary/aromatic N) is 1. The Morgan fingerprint density at radius 2 is 1.57 bits per heavy atom. The van der Waals surface area contributed by atoms with Crippen LogP contribution in [-0.4, -0.2) is 37.0 Å². The SMILES string of the molecule is COc1cc(C(N)=O)c(C(Cc2ccc(NC(=O)Nc3ccccc3[N+](=O)[O-])cc2)C(N)=O)cc1OC. The van der Waals surface area contributed by atoms with Gasteiger partial charge in [-0.25, -0.2) is 4.79 Å². The Kier molecular flexibility index (Phi) is 8.25. The van der Waals surface area contributed by atoms with Crippen LogP contribution in [0.5, 0.6) is 11.5 Å². The fourth-order valence-electron chi connectivity index (χ4n) is 3.74. The highest BCUT2D eigenvalue weighted by Gasteiger charge is 2.26. The number of amides is 4. The van der Waals surface area contributed by atoms with Crippen molar-refractivity contribution in [1.29, 1.82) is 0 Å². The molecule has 0 saturated heterocycles. The van der Waals surface area contributed by atoms with Crippen molar-refractivity contribution in [1.82, 2.24) is 0 Å². The molecule has 0 bridgehead atoms. The van der Waals surface area contributed by atoms with Crippen molar-refractivity contribution in [3.8, 4) is 11.5 Å². The Balaban J connectivity index is 1.79. The number of rotatable bonds is 10. The first-order valence-corrected chi connectivity index (χ1v) is 10.9. The predicted octanol–water partition coefficient (Wildman–Crippen LogP) is 3.17. The average Bonchev–Trinajstić information content (AvgIpc) is 2.87. The van der Waals surface area contributed by atoms with Crippen molar-refractivity contribution in [2.45, 2.75) is 12.3 Å². The molecule has 37 heavy (non-hydrogen) atoms. The van der Waals surface area contributed by atoms with E-state index in [4.69, 9.17) is 20.9 Å². The summed E-state index contributed by atoms with van der Waals surface area (Å²) in [6.45, 7) is 0. The summed E-state index contributed by atoms with van der Waals surface area (Å²) in [6.07, 6.45) is 0.133. The van der Waals surface area contributed by atoms with Crippen LogP contribution in [0, 0.1) is 10.1 Å². The molecule has 0 aliphatic carbocycles. The molecule has 0 aliphatic heterocycles. The van der Waals surface area contributed by atoms with Gasteiger partial charge in [-0.2, -0.15) is 0 Å². The molecule has 0 heterocycles. The fraction of sp³-hybridized carbons (Fsp3) is 0.160. The molecule has 0 aliphatic rings. The Hall–Kier alpha value is -5.13.